The van der Waals surface area contributed by atoms with Gasteiger partial charge in [0.2, 0.25) is 0 Å². The van der Waals surface area contributed by atoms with Crippen molar-refractivity contribution in [2.24, 2.45) is 5.41 Å². The monoisotopic (exact) mass is 607 g/mol. The predicted octanol–water partition coefficient (Wildman–Crippen LogP) is 10.2. The van der Waals surface area contributed by atoms with Crippen molar-refractivity contribution in [3.8, 4) is 56.4 Å². The van der Waals surface area contributed by atoms with E-state index < -0.39 is 0 Å². The molecule has 1 aliphatic rings. The van der Waals surface area contributed by atoms with E-state index in [2.05, 4.69) is 98.8 Å². The van der Waals surface area contributed by atoms with Gasteiger partial charge in [-0.2, -0.15) is 0 Å². The number of aromatic nitrogens is 3. The summed E-state index contributed by atoms with van der Waals surface area (Å²) >= 11 is 0. The van der Waals surface area contributed by atoms with E-state index in [1.54, 1.807) is 0 Å². The van der Waals surface area contributed by atoms with Crippen molar-refractivity contribution in [2.75, 3.05) is 0 Å². The highest BCUT2D eigenvalue weighted by Gasteiger charge is 2.61. The van der Waals surface area contributed by atoms with Crippen molar-refractivity contribution in [1.29, 1.82) is 0 Å². The van der Waals surface area contributed by atoms with Gasteiger partial charge in [-0.05, 0) is 45.0 Å². The molecular weight excluding hydrogens is 574 g/mol. The first-order chi connectivity index (χ1) is 23.0. The van der Waals surface area contributed by atoms with Crippen molar-refractivity contribution < 1.29 is 4.79 Å². The maximum absolute atomic E-state index is 11.8. The fourth-order valence-corrected chi connectivity index (χ4v) is 6.86. The van der Waals surface area contributed by atoms with Gasteiger partial charge in [0.1, 0.15) is 6.29 Å². The van der Waals surface area contributed by atoms with E-state index in [1.165, 1.54) is 33.0 Å². The average Bonchev–Trinajstić information content (AvgIpc) is 3.73. The van der Waals surface area contributed by atoms with Crippen LogP contribution < -0.4 is 0 Å². The van der Waals surface area contributed by atoms with E-state index in [-0.39, 0.29) is 10.8 Å². The van der Waals surface area contributed by atoms with Crippen LogP contribution in [0.2, 0.25) is 0 Å². The number of carbonyl (C=O) groups is 1. The second-order valence-corrected chi connectivity index (χ2v) is 12.9. The quantitative estimate of drug-likeness (QED) is 0.169. The highest BCUT2D eigenvalue weighted by Crippen LogP contribution is 2.63. The zero-order valence-corrected chi connectivity index (χ0v) is 26.4. The van der Waals surface area contributed by atoms with Crippen LogP contribution in [-0.4, -0.2) is 21.2 Å². The highest BCUT2D eigenvalue weighted by atomic mass is 16.1. The zero-order valence-electron chi connectivity index (χ0n) is 26.4. The van der Waals surface area contributed by atoms with Crippen LogP contribution in [0.15, 0.2) is 146 Å². The molecule has 0 spiro atoms. The summed E-state index contributed by atoms with van der Waals surface area (Å²) < 4.78 is 0. The lowest BCUT2D eigenvalue weighted by Crippen LogP contribution is -2.13. The lowest BCUT2D eigenvalue weighted by atomic mass is 9.86. The molecule has 226 valence electrons. The number of benzene rings is 6. The average molecular weight is 608 g/mol. The van der Waals surface area contributed by atoms with E-state index in [0.717, 1.165) is 35.0 Å². The predicted molar refractivity (Wildman–Crippen MR) is 191 cm³/mol. The van der Waals surface area contributed by atoms with Gasteiger partial charge in [0, 0.05) is 27.5 Å². The van der Waals surface area contributed by atoms with E-state index in [9.17, 15) is 4.79 Å². The normalized spacial score (nSPS) is 18.6. The Bertz CT molecular complexity index is 2210. The van der Waals surface area contributed by atoms with Crippen LogP contribution in [-0.2, 0) is 10.2 Å². The number of hydrogen-bond donors (Lipinski definition) is 0. The summed E-state index contributed by atoms with van der Waals surface area (Å²) in [4.78, 5) is 26.4. The third-order valence-corrected chi connectivity index (χ3v) is 10.0. The lowest BCUT2D eigenvalue weighted by molar-refractivity contribution is -0.112. The Hall–Kier alpha value is -5.74. The number of carbonyl (C=O) groups excluding carboxylic acids is 1. The third-order valence-electron chi connectivity index (χ3n) is 10.0. The van der Waals surface area contributed by atoms with Crippen LogP contribution in [0.4, 0.5) is 0 Å². The fourth-order valence-electron chi connectivity index (χ4n) is 6.86. The Balaban J connectivity index is 1.17. The van der Waals surface area contributed by atoms with Crippen molar-refractivity contribution in [1.82, 2.24) is 15.0 Å². The van der Waals surface area contributed by atoms with Gasteiger partial charge in [-0.1, -0.05) is 159 Å². The minimum Gasteiger partial charge on any atom is -0.303 e. The summed E-state index contributed by atoms with van der Waals surface area (Å²) in [7, 11) is 0. The molecule has 0 amide bonds. The highest BCUT2D eigenvalue weighted by molar-refractivity contribution is 6.05. The first-order valence-electron chi connectivity index (χ1n) is 16.0. The molecular formula is C43H33N3O. The maximum atomic E-state index is 11.8. The molecule has 1 aromatic heterocycles. The molecule has 2 atom stereocenters. The van der Waals surface area contributed by atoms with Crippen LogP contribution >= 0.6 is 0 Å². The smallest absolute Gasteiger partial charge is 0.164 e. The second kappa shape index (κ2) is 11.3. The molecule has 1 heterocycles. The second-order valence-electron chi connectivity index (χ2n) is 12.9. The Labute approximate surface area is 274 Å². The first-order valence-corrected chi connectivity index (χ1v) is 16.0. The van der Waals surface area contributed by atoms with Crippen LogP contribution in [0.25, 0.3) is 67.2 Å². The zero-order chi connectivity index (χ0) is 32.0. The number of aldehydes is 1. The van der Waals surface area contributed by atoms with E-state index in [4.69, 9.17) is 15.0 Å². The topological polar surface area (TPSA) is 55.7 Å². The number of fused-ring (bicyclic) bond motifs is 1. The summed E-state index contributed by atoms with van der Waals surface area (Å²) in [6, 6.07) is 50.3. The van der Waals surface area contributed by atoms with Crippen molar-refractivity contribution in [3.05, 3.63) is 151 Å². The van der Waals surface area contributed by atoms with Gasteiger partial charge in [0.25, 0.3) is 0 Å². The summed E-state index contributed by atoms with van der Waals surface area (Å²) in [5, 5.41) is 2.39. The maximum Gasteiger partial charge on any atom is 0.164 e. The fraction of sp³-hybridized carbons (Fsp3) is 0.116. The largest absolute Gasteiger partial charge is 0.303 e. The number of rotatable bonds is 7. The molecule has 6 aromatic carbocycles. The number of hydrogen-bond acceptors (Lipinski definition) is 4. The standard InChI is InChI=1S/C43H33N3O/c1-42(28-47)27-43(42,2)34-17-11-16-33(26-34)36-25-24-35(37-18-9-10-19-38(36)37)29-20-22-32(23-21-29)41-45-39(30-12-5-3-6-13-30)44-40(46-41)31-14-7-4-8-15-31/h3-26,28H,27H2,1-2H3. The molecule has 2 unspecified atom stereocenters. The van der Waals surface area contributed by atoms with Gasteiger partial charge in [-0.25, -0.2) is 15.0 Å². The molecule has 1 aliphatic carbocycles. The number of nitrogens with zero attached hydrogens (tertiary/aromatic N) is 3. The summed E-state index contributed by atoms with van der Waals surface area (Å²) in [5.74, 6) is 1.94. The van der Waals surface area contributed by atoms with Crippen molar-refractivity contribution in [2.45, 2.75) is 25.7 Å². The molecule has 8 rings (SSSR count). The summed E-state index contributed by atoms with van der Waals surface area (Å²) in [6.45, 7) is 4.26. The molecule has 0 radical (unpaired) electrons. The van der Waals surface area contributed by atoms with Gasteiger partial charge in [-0.15, -0.1) is 0 Å². The van der Waals surface area contributed by atoms with Crippen LogP contribution in [0.5, 0.6) is 0 Å². The SMILES string of the molecule is CC1(C=O)CC1(C)c1cccc(-c2ccc(-c3ccc(-c4nc(-c5ccccc5)nc(-c5ccccc5)n4)cc3)c3ccccc23)c1. The molecule has 47 heavy (non-hydrogen) atoms. The van der Waals surface area contributed by atoms with E-state index in [1.807, 2.05) is 60.7 Å². The minimum atomic E-state index is -0.294. The minimum absolute atomic E-state index is 0.121. The van der Waals surface area contributed by atoms with Gasteiger partial charge in [0.05, 0.1) is 0 Å². The Morgan fingerprint density at radius 2 is 0.936 bits per heavy atom. The van der Waals surface area contributed by atoms with Gasteiger partial charge in [-0.3, -0.25) is 0 Å². The molecule has 1 saturated carbocycles. The Kier molecular flexibility index (Phi) is 6.87. The van der Waals surface area contributed by atoms with Crippen molar-refractivity contribution >= 4 is 17.1 Å². The molecule has 0 saturated heterocycles. The van der Waals surface area contributed by atoms with Crippen LogP contribution in [0, 0.1) is 5.41 Å². The first kappa shape index (κ1) is 28.7. The van der Waals surface area contributed by atoms with Gasteiger partial charge in [0.15, 0.2) is 17.5 Å². The van der Waals surface area contributed by atoms with E-state index in [0.29, 0.717) is 17.5 Å². The molecule has 1 fully saturated rings. The van der Waals surface area contributed by atoms with E-state index >= 15 is 0 Å². The molecule has 4 heteroatoms. The molecule has 4 nitrogen and oxygen atoms in total. The van der Waals surface area contributed by atoms with Gasteiger partial charge >= 0.3 is 0 Å². The molecule has 0 N–H and O–H groups in total. The summed E-state index contributed by atoms with van der Waals surface area (Å²) in [5.41, 5.74) is 8.28. The lowest BCUT2D eigenvalue weighted by Gasteiger charge is -2.17. The van der Waals surface area contributed by atoms with Crippen LogP contribution in [0.3, 0.4) is 0 Å². The molecule has 0 bridgehead atoms. The Morgan fingerprint density at radius 1 is 0.489 bits per heavy atom. The molecule has 7 aromatic rings. The summed E-state index contributed by atoms with van der Waals surface area (Å²) in [6.07, 6.45) is 2.01. The Morgan fingerprint density at radius 3 is 1.45 bits per heavy atom. The van der Waals surface area contributed by atoms with Crippen LogP contribution in [0.1, 0.15) is 25.8 Å². The van der Waals surface area contributed by atoms with Crippen molar-refractivity contribution in [3.63, 3.8) is 0 Å². The molecule has 0 aliphatic heterocycles. The van der Waals surface area contributed by atoms with Gasteiger partial charge < -0.3 is 4.79 Å². The third kappa shape index (κ3) is 5.03.